The van der Waals surface area contributed by atoms with Crippen LogP contribution in [0.25, 0.3) is 11.0 Å². The van der Waals surface area contributed by atoms with Crippen molar-refractivity contribution in [3.8, 4) is 0 Å². The predicted octanol–water partition coefficient (Wildman–Crippen LogP) is 3.40. The fraction of sp³-hybridized carbons (Fsp3) is 0.167. The highest BCUT2D eigenvalue weighted by molar-refractivity contribution is 6.05. The third-order valence-corrected chi connectivity index (χ3v) is 3.70. The first-order chi connectivity index (χ1) is 11.6. The Balaban J connectivity index is 1.94. The minimum Gasteiger partial charge on any atom is -0.478 e. The van der Waals surface area contributed by atoms with Gasteiger partial charge in [0.25, 0.3) is 5.91 Å². The molecule has 0 aliphatic rings. The highest BCUT2D eigenvalue weighted by Gasteiger charge is 2.15. The SMILES string of the molecule is CCCn1c(NC(=O)c2cccc(C(=O)O)c2)nc2ccccc21. The Labute approximate surface area is 138 Å². The van der Waals surface area contributed by atoms with Crippen LogP contribution in [0.2, 0.25) is 0 Å². The van der Waals surface area contributed by atoms with Crippen LogP contribution >= 0.6 is 0 Å². The maximum atomic E-state index is 12.5. The topological polar surface area (TPSA) is 84.2 Å². The molecule has 1 amide bonds. The van der Waals surface area contributed by atoms with Gasteiger partial charge < -0.3 is 9.67 Å². The van der Waals surface area contributed by atoms with Gasteiger partial charge in [0.2, 0.25) is 5.95 Å². The van der Waals surface area contributed by atoms with Crippen molar-refractivity contribution in [2.75, 3.05) is 5.32 Å². The largest absolute Gasteiger partial charge is 0.478 e. The van der Waals surface area contributed by atoms with E-state index in [-0.39, 0.29) is 17.0 Å². The average molecular weight is 323 g/mol. The molecule has 1 aromatic heterocycles. The van der Waals surface area contributed by atoms with Crippen molar-refractivity contribution in [3.05, 3.63) is 59.7 Å². The van der Waals surface area contributed by atoms with Gasteiger partial charge >= 0.3 is 5.97 Å². The second-order valence-corrected chi connectivity index (χ2v) is 5.42. The molecule has 0 aliphatic carbocycles. The van der Waals surface area contributed by atoms with E-state index in [9.17, 15) is 9.59 Å². The van der Waals surface area contributed by atoms with E-state index in [0.29, 0.717) is 5.95 Å². The van der Waals surface area contributed by atoms with E-state index in [2.05, 4.69) is 17.2 Å². The summed E-state index contributed by atoms with van der Waals surface area (Å²) in [4.78, 5) is 28.0. The van der Waals surface area contributed by atoms with Crippen LogP contribution in [-0.2, 0) is 6.54 Å². The van der Waals surface area contributed by atoms with E-state index in [0.717, 1.165) is 24.0 Å². The number of nitrogens with one attached hydrogen (secondary N) is 1. The van der Waals surface area contributed by atoms with Crippen LogP contribution in [0.3, 0.4) is 0 Å². The molecule has 0 saturated carbocycles. The summed E-state index contributed by atoms with van der Waals surface area (Å²) in [6.45, 7) is 2.78. The number of amides is 1. The monoisotopic (exact) mass is 323 g/mol. The molecule has 2 N–H and O–H groups in total. The van der Waals surface area contributed by atoms with Crippen LogP contribution in [-0.4, -0.2) is 26.5 Å². The number of anilines is 1. The molecule has 122 valence electrons. The summed E-state index contributed by atoms with van der Waals surface area (Å²) < 4.78 is 1.95. The van der Waals surface area contributed by atoms with E-state index in [1.807, 2.05) is 28.8 Å². The van der Waals surface area contributed by atoms with Gasteiger partial charge in [0, 0.05) is 12.1 Å². The van der Waals surface area contributed by atoms with Crippen molar-refractivity contribution in [1.82, 2.24) is 9.55 Å². The maximum absolute atomic E-state index is 12.5. The number of carbonyl (C=O) groups is 2. The molecule has 0 aliphatic heterocycles. The predicted molar refractivity (Wildman–Crippen MR) is 91.4 cm³/mol. The zero-order valence-corrected chi connectivity index (χ0v) is 13.2. The summed E-state index contributed by atoms with van der Waals surface area (Å²) >= 11 is 0. The molecule has 0 bridgehead atoms. The number of rotatable bonds is 5. The number of hydrogen-bond acceptors (Lipinski definition) is 3. The smallest absolute Gasteiger partial charge is 0.335 e. The average Bonchev–Trinajstić information content (AvgIpc) is 2.93. The van der Waals surface area contributed by atoms with Crippen molar-refractivity contribution in [3.63, 3.8) is 0 Å². The van der Waals surface area contributed by atoms with Gasteiger partial charge in [-0.1, -0.05) is 25.1 Å². The van der Waals surface area contributed by atoms with Crippen LogP contribution in [0.1, 0.15) is 34.1 Å². The summed E-state index contributed by atoms with van der Waals surface area (Å²) in [6.07, 6.45) is 0.901. The lowest BCUT2D eigenvalue weighted by Gasteiger charge is -2.09. The molecule has 2 aromatic carbocycles. The lowest BCUT2D eigenvalue weighted by atomic mass is 10.1. The van der Waals surface area contributed by atoms with Crippen LogP contribution < -0.4 is 5.32 Å². The van der Waals surface area contributed by atoms with Crippen LogP contribution in [0.5, 0.6) is 0 Å². The number of para-hydroxylation sites is 2. The zero-order chi connectivity index (χ0) is 17.1. The molecule has 0 spiro atoms. The number of aryl methyl sites for hydroxylation is 1. The molecule has 0 saturated heterocycles. The molecular weight excluding hydrogens is 306 g/mol. The van der Waals surface area contributed by atoms with Gasteiger partial charge in [-0.05, 0) is 36.8 Å². The van der Waals surface area contributed by atoms with Crippen molar-refractivity contribution < 1.29 is 14.7 Å². The van der Waals surface area contributed by atoms with Gasteiger partial charge in [-0.2, -0.15) is 0 Å². The summed E-state index contributed by atoms with van der Waals surface area (Å²) in [5, 5.41) is 11.8. The molecule has 6 nitrogen and oxygen atoms in total. The van der Waals surface area contributed by atoms with Gasteiger partial charge in [-0.15, -0.1) is 0 Å². The van der Waals surface area contributed by atoms with Gasteiger partial charge in [0.1, 0.15) is 0 Å². The van der Waals surface area contributed by atoms with Crippen molar-refractivity contribution in [2.24, 2.45) is 0 Å². The Kier molecular flexibility index (Phi) is 4.29. The second-order valence-electron chi connectivity index (χ2n) is 5.42. The van der Waals surface area contributed by atoms with Gasteiger partial charge in [0.05, 0.1) is 16.6 Å². The summed E-state index contributed by atoms with van der Waals surface area (Å²) in [7, 11) is 0. The van der Waals surface area contributed by atoms with Crippen molar-refractivity contribution >= 4 is 28.9 Å². The number of fused-ring (bicyclic) bond motifs is 1. The third kappa shape index (κ3) is 2.99. The first-order valence-corrected chi connectivity index (χ1v) is 7.70. The number of carbonyl (C=O) groups excluding carboxylic acids is 1. The molecule has 0 radical (unpaired) electrons. The number of imidazole rings is 1. The Morgan fingerprint density at radius 2 is 1.88 bits per heavy atom. The van der Waals surface area contributed by atoms with Crippen LogP contribution in [0, 0.1) is 0 Å². The standard InChI is InChI=1S/C18H17N3O3/c1-2-10-21-15-9-4-3-8-14(15)19-18(21)20-16(22)12-6-5-7-13(11-12)17(23)24/h3-9,11H,2,10H2,1H3,(H,23,24)(H,19,20,22). The molecule has 3 rings (SSSR count). The Morgan fingerprint density at radius 1 is 1.12 bits per heavy atom. The first kappa shape index (κ1) is 15.7. The normalized spacial score (nSPS) is 10.7. The quantitative estimate of drug-likeness (QED) is 0.753. The molecule has 3 aromatic rings. The molecule has 0 atom stereocenters. The molecule has 6 heteroatoms. The summed E-state index contributed by atoms with van der Waals surface area (Å²) in [5.74, 6) is -0.989. The highest BCUT2D eigenvalue weighted by atomic mass is 16.4. The Morgan fingerprint density at radius 3 is 2.62 bits per heavy atom. The fourth-order valence-corrected chi connectivity index (χ4v) is 2.59. The van der Waals surface area contributed by atoms with Gasteiger partial charge in [0.15, 0.2) is 0 Å². The number of hydrogen-bond donors (Lipinski definition) is 2. The Hall–Kier alpha value is -3.15. The minimum absolute atomic E-state index is 0.0738. The lowest BCUT2D eigenvalue weighted by Crippen LogP contribution is -2.16. The van der Waals surface area contributed by atoms with E-state index in [1.165, 1.54) is 12.1 Å². The van der Waals surface area contributed by atoms with Crippen molar-refractivity contribution in [1.29, 1.82) is 0 Å². The van der Waals surface area contributed by atoms with Crippen LogP contribution in [0.4, 0.5) is 5.95 Å². The number of carboxylic acid groups (broad SMARTS) is 1. The summed E-state index contributed by atoms with van der Waals surface area (Å²) in [6, 6.07) is 13.6. The third-order valence-electron chi connectivity index (χ3n) is 3.70. The maximum Gasteiger partial charge on any atom is 0.335 e. The summed E-state index contributed by atoms with van der Waals surface area (Å²) in [5.41, 5.74) is 2.11. The fourth-order valence-electron chi connectivity index (χ4n) is 2.59. The van der Waals surface area contributed by atoms with Gasteiger partial charge in [-0.3, -0.25) is 10.1 Å². The van der Waals surface area contributed by atoms with Gasteiger partial charge in [-0.25, -0.2) is 9.78 Å². The molecule has 0 unspecified atom stereocenters. The zero-order valence-electron chi connectivity index (χ0n) is 13.2. The van der Waals surface area contributed by atoms with E-state index in [1.54, 1.807) is 12.1 Å². The lowest BCUT2D eigenvalue weighted by molar-refractivity contribution is 0.0697. The first-order valence-electron chi connectivity index (χ1n) is 7.70. The minimum atomic E-state index is -1.07. The van der Waals surface area contributed by atoms with Crippen LogP contribution in [0.15, 0.2) is 48.5 Å². The number of carboxylic acids is 1. The number of aromatic carboxylic acids is 1. The highest BCUT2D eigenvalue weighted by Crippen LogP contribution is 2.20. The molecule has 1 heterocycles. The van der Waals surface area contributed by atoms with Crippen molar-refractivity contribution in [2.45, 2.75) is 19.9 Å². The number of nitrogens with zero attached hydrogens (tertiary/aromatic N) is 2. The molecule has 24 heavy (non-hydrogen) atoms. The molecule has 0 fully saturated rings. The number of aromatic nitrogens is 2. The Bertz CT molecular complexity index is 915. The van der Waals surface area contributed by atoms with E-state index < -0.39 is 5.97 Å². The second kappa shape index (κ2) is 6.54. The molecular formula is C18H17N3O3. The van der Waals surface area contributed by atoms with E-state index in [4.69, 9.17) is 5.11 Å². The van der Waals surface area contributed by atoms with E-state index >= 15 is 0 Å². The number of benzene rings is 2.